The second kappa shape index (κ2) is 4.21. The second-order valence-corrected chi connectivity index (χ2v) is 3.63. The molecule has 0 aromatic heterocycles. The van der Waals surface area contributed by atoms with Crippen LogP contribution in [0.2, 0.25) is 0 Å². The van der Waals surface area contributed by atoms with E-state index in [4.69, 9.17) is 4.74 Å². The number of morpholine rings is 1. The molecular weight excluding hydrogens is 152 g/mol. The Balaban J connectivity index is 1.80. The van der Waals surface area contributed by atoms with Crippen molar-refractivity contribution in [3.63, 3.8) is 0 Å². The summed E-state index contributed by atoms with van der Waals surface area (Å²) in [6.45, 7) is 5.00. The van der Waals surface area contributed by atoms with E-state index in [1.54, 1.807) is 0 Å². The van der Waals surface area contributed by atoms with Crippen LogP contribution in [-0.4, -0.2) is 38.9 Å². The number of nitrogens with zero attached hydrogens (tertiary/aromatic N) is 1. The molecule has 3 heteroatoms. The van der Waals surface area contributed by atoms with Gasteiger partial charge in [-0.25, -0.2) is 0 Å². The van der Waals surface area contributed by atoms with Gasteiger partial charge >= 0.3 is 0 Å². The third-order valence-corrected chi connectivity index (χ3v) is 2.80. The van der Waals surface area contributed by atoms with Gasteiger partial charge in [-0.1, -0.05) is 0 Å². The summed E-state index contributed by atoms with van der Waals surface area (Å²) < 4.78 is 5.70. The number of ether oxygens (including phenoxy) is 1. The van der Waals surface area contributed by atoms with Gasteiger partial charge in [-0.3, -0.25) is 0 Å². The lowest BCUT2D eigenvalue weighted by Crippen LogP contribution is -2.39. The molecular formula is C9H17N2O-. The van der Waals surface area contributed by atoms with Crippen molar-refractivity contribution in [1.82, 2.24) is 5.32 Å². The molecule has 0 bridgehead atoms. The summed E-state index contributed by atoms with van der Waals surface area (Å²) in [5.74, 6) is 0.760. The largest absolute Gasteiger partial charge is 0.658 e. The number of hydrogen-bond donors (Lipinski definition) is 1. The van der Waals surface area contributed by atoms with Crippen LogP contribution < -0.4 is 5.32 Å². The fourth-order valence-corrected chi connectivity index (χ4v) is 2.04. The Morgan fingerprint density at radius 1 is 1.25 bits per heavy atom. The highest BCUT2D eigenvalue weighted by Crippen LogP contribution is 2.22. The fraction of sp³-hybridized carbons (Fsp3) is 1.00. The molecule has 12 heavy (non-hydrogen) atoms. The molecule has 2 aliphatic heterocycles. The SMILES string of the molecule is C1COC(C2CCNCC2)C[N-]1. The normalized spacial score (nSPS) is 33.5. The van der Waals surface area contributed by atoms with Crippen LogP contribution in [0, 0.1) is 5.92 Å². The van der Waals surface area contributed by atoms with Crippen LogP contribution in [0.15, 0.2) is 0 Å². The van der Waals surface area contributed by atoms with Gasteiger partial charge in [-0.15, -0.1) is 13.1 Å². The molecule has 0 aliphatic carbocycles. The van der Waals surface area contributed by atoms with E-state index >= 15 is 0 Å². The Labute approximate surface area is 73.9 Å². The Morgan fingerprint density at radius 2 is 2.08 bits per heavy atom. The minimum atomic E-state index is 0.431. The minimum Gasteiger partial charge on any atom is -0.658 e. The van der Waals surface area contributed by atoms with Crippen LogP contribution in [0.25, 0.3) is 5.32 Å². The molecule has 2 saturated heterocycles. The van der Waals surface area contributed by atoms with Crippen molar-refractivity contribution < 1.29 is 4.74 Å². The lowest BCUT2D eigenvalue weighted by atomic mass is 9.91. The zero-order valence-corrected chi connectivity index (χ0v) is 7.46. The molecule has 0 radical (unpaired) electrons. The van der Waals surface area contributed by atoms with E-state index < -0.39 is 0 Å². The van der Waals surface area contributed by atoms with Crippen molar-refractivity contribution in [3.8, 4) is 0 Å². The summed E-state index contributed by atoms with van der Waals surface area (Å²) in [4.78, 5) is 0. The molecule has 0 saturated carbocycles. The molecule has 0 aromatic carbocycles. The van der Waals surface area contributed by atoms with Crippen molar-refractivity contribution in [1.29, 1.82) is 0 Å². The summed E-state index contributed by atoms with van der Waals surface area (Å²) in [6, 6.07) is 0. The maximum atomic E-state index is 5.70. The van der Waals surface area contributed by atoms with E-state index in [1.807, 2.05) is 0 Å². The zero-order valence-electron chi connectivity index (χ0n) is 7.46. The van der Waals surface area contributed by atoms with Gasteiger partial charge in [0.1, 0.15) is 0 Å². The van der Waals surface area contributed by atoms with E-state index in [0.717, 1.165) is 38.7 Å². The van der Waals surface area contributed by atoms with Gasteiger partial charge in [-0.05, 0) is 31.8 Å². The molecule has 0 spiro atoms. The average molecular weight is 169 g/mol. The van der Waals surface area contributed by atoms with Crippen LogP contribution >= 0.6 is 0 Å². The lowest BCUT2D eigenvalue weighted by molar-refractivity contribution is 0.00514. The first-order valence-corrected chi connectivity index (χ1v) is 4.92. The minimum absolute atomic E-state index is 0.431. The predicted molar refractivity (Wildman–Crippen MR) is 48.4 cm³/mol. The van der Waals surface area contributed by atoms with E-state index in [1.165, 1.54) is 12.8 Å². The molecule has 1 N–H and O–H groups in total. The lowest BCUT2D eigenvalue weighted by Gasteiger charge is -2.39. The maximum absolute atomic E-state index is 5.70. The molecule has 0 amide bonds. The highest BCUT2D eigenvalue weighted by atomic mass is 16.5. The van der Waals surface area contributed by atoms with Crippen LogP contribution in [0.1, 0.15) is 12.8 Å². The molecule has 0 aromatic rings. The molecule has 2 rings (SSSR count). The van der Waals surface area contributed by atoms with Gasteiger partial charge in [0.2, 0.25) is 0 Å². The van der Waals surface area contributed by atoms with E-state index in [-0.39, 0.29) is 0 Å². The first-order chi connectivity index (χ1) is 5.97. The first kappa shape index (κ1) is 8.48. The summed E-state index contributed by atoms with van der Waals surface area (Å²) in [6.07, 6.45) is 2.96. The average Bonchev–Trinajstić information content (AvgIpc) is 2.21. The van der Waals surface area contributed by atoms with Crippen molar-refractivity contribution in [2.75, 3.05) is 32.8 Å². The molecule has 70 valence electrons. The molecule has 1 unspecified atom stereocenters. The highest BCUT2D eigenvalue weighted by molar-refractivity contribution is 4.92. The van der Waals surface area contributed by atoms with Crippen LogP contribution in [-0.2, 0) is 4.74 Å². The van der Waals surface area contributed by atoms with Gasteiger partial charge in [-0.2, -0.15) is 0 Å². The first-order valence-electron chi connectivity index (χ1n) is 4.92. The third kappa shape index (κ3) is 1.97. The monoisotopic (exact) mass is 169 g/mol. The summed E-state index contributed by atoms with van der Waals surface area (Å²) >= 11 is 0. The van der Waals surface area contributed by atoms with Crippen LogP contribution in [0.3, 0.4) is 0 Å². The van der Waals surface area contributed by atoms with Gasteiger partial charge in [0.05, 0.1) is 0 Å². The summed E-state index contributed by atoms with van der Waals surface area (Å²) in [7, 11) is 0. The summed E-state index contributed by atoms with van der Waals surface area (Å²) in [5, 5.41) is 7.76. The molecule has 2 aliphatic rings. The van der Waals surface area contributed by atoms with Crippen molar-refractivity contribution in [3.05, 3.63) is 5.32 Å². The Morgan fingerprint density at radius 3 is 2.75 bits per heavy atom. The highest BCUT2D eigenvalue weighted by Gasteiger charge is 2.22. The van der Waals surface area contributed by atoms with Crippen molar-refractivity contribution in [2.24, 2.45) is 5.92 Å². The Hall–Kier alpha value is -0.120. The fourth-order valence-electron chi connectivity index (χ4n) is 2.04. The smallest absolute Gasteiger partial charge is 0.0416 e. The number of rotatable bonds is 1. The molecule has 2 fully saturated rings. The third-order valence-electron chi connectivity index (χ3n) is 2.80. The van der Waals surface area contributed by atoms with Gasteiger partial charge < -0.3 is 15.4 Å². The van der Waals surface area contributed by atoms with Crippen molar-refractivity contribution >= 4 is 0 Å². The van der Waals surface area contributed by atoms with Crippen molar-refractivity contribution in [2.45, 2.75) is 18.9 Å². The standard InChI is InChI=1S/C9H17N2O/c1-3-10-4-2-8(1)9-7-11-5-6-12-9/h8-10H,1-7H2/q-1. The van der Waals surface area contributed by atoms with Gasteiger partial charge in [0, 0.05) is 12.7 Å². The maximum Gasteiger partial charge on any atom is 0.0416 e. The number of piperidine rings is 1. The van der Waals surface area contributed by atoms with E-state index in [0.29, 0.717) is 6.10 Å². The number of nitrogens with one attached hydrogen (secondary N) is 1. The van der Waals surface area contributed by atoms with Gasteiger partial charge in [0.15, 0.2) is 0 Å². The van der Waals surface area contributed by atoms with Gasteiger partial charge in [0.25, 0.3) is 0 Å². The molecule has 3 nitrogen and oxygen atoms in total. The summed E-state index contributed by atoms with van der Waals surface area (Å²) in [5.41, 5.74) is 0. The Bertz CT molecular complexity index is 112. The Kier molecular flexibility index (Phi) is 2.98. The zero-order chi connectivity index (χ0) is 8.23. The quantitative estimate of drug-likeness (QED) is 0.629. The second-order valence-electron chi connectivity index (χ2n) is 3.63. The van der Waals surface area contributed by atoms with E-state index in [2.05, 4.69) is 10.6 Å². The molecule has 2 heterocycles. The molecule has 1 atom stereocenters. The number of hydrogen-bond acceptors (Lipinski definition) is 2. The van der Waals surface area contributed by atoms with E-state index in [9.17, 15) is 0 Å². The predicted octanol–water partition coefficient (Wildman–Crippen LogP) is 0.758. The van der Waals surface area contributed by atoms with Crippen LogP contribution in [0.5, 0.6) is 0 Å². The van der Waals surface area contributed by atoms with Crippen LogP contribution in [0.4, 0.5) is 0 Å². The topological polar surface area (TPSA) is 35.4 Å².